The van der Waals surface area contributed by atoms with E-state index in [1.165, 1.54) is 31.2 Å². The quantitative estimate of drug-likeness (QED) is 0.791. The molecule has 80 valence electrons. The highest BCUT2D eigenvalue weighted by Gasteiger charge is 2.37. The van der Waals surface area contributed by atoms with Crippen molar-refractivity contribution in [3.63, 3.8) is 0 Å². The number of rotatable bonds is 1. The van der Waals surface area contributed by atoms with Gasteiger partial charge < -0.3 is 5.32 Å². The average Bonchev–Trinajstić information content (AvgIpc) is 2.55. The van der Waals surface area contributed by atoms with E-state index in [4.69, 9.17) is 0 Å². The van der Waals surface area contributed by atoms with E-state index in [0.29, 0.717) is 12.0 Å². The molecule has 0 aliphatic carbocycles. The second-order valence-electron chi connectivity index (χ2n) is 4.66. The fourth-order valence-corrected chi connectivity index (χ4v) is 3.24. The molecule has 0 saturated carbocycles. The van der Waals surface area contributed by atoms with E-state index in [1.807, 2.05) is 6.20 Å². The third-order valence-electron chi connectivity index (χ3n) is 3.72. The molecule has 3 atom stereocenters. The summed E-state index contributed by atoms with van der Waals surface area (Å²) in [5.41, 5.74) is 1.40. The lowest BCUT2D eigenvalue weighted by atomic mass is 9.92. The van der Waals surface area contributed by atoms with E-state index < -0.39 is 0 Å². The molecular weight excluding hydrogens is 252 g/mol. The van der Waals surface area contributed by atoms with Gasteiger partial charge in [-0.2, -0.15) is 0 Å². The zero-order valence-electron chi connectivity index (χ0n) is 8.62. The van der Waals surface area contributed by atoms with Gasteiger partial charge in [0.2, 0.25) is 0 Å². The first-order valence-electron chi connectivity index (χ1n) is 5.70. The van der Waals surface area contributed by atoms with Gasteiger partial charge in [-0.25, -0.2) is 4.98 Å². The van der Waals surface area contributed by atoms with Crippen molar-refractivity contribution in [2.45, 2.75) is 43.7 Å². The molecule has 2 aliphatic rings. The average molecular weight is 267 g/mol. The Bertz CT molecular complexity index is 349. The predicted molar refractivity (Wildman–Crippen MR) is 63.9 cm³/mol. The van der Waals surface area contributed by atoms with Gasteiger partial charge in [0.05, 0.1) is 0 Å². The summed E-state index contributed by atoms with van der Waals surface area (Å²) in [7, 11) is 0. The van der Waals surface area contributed by atoms with Crippen LogP contribution in [0.2, 0.25) is 0 Å². The fourth-order valence-electron chi connectivity index (χ4n) is 3.00. The maximum absolute atomic E-state index is 4.33. The second-order valence-corrected chi connectivity index (χ2v) is 5.47. The van der Waals surface area contributed by atoms with Crippen molar-refractivity contribution in [3.8, 4) is 0 Å². The molecule has 0 spiro atoms. The Hall–Kier alpha value is -0.410. The maximum atomic E-state index is 4.33. The Morgan fingerprint density at radius 2 is 2.27 bits per heavy atom. The Morgan fingerprint density at radius 3 is 3.00 bits per heavy atom. The van der Waals surface area contributed by atoms with Crippen LogP contribution in [-0.2, 0) is 0 Å². The van der Waals surface area contributed by atoms with Gasteiger partial charge in [-0.3, -0.25) is 0 Å². The third-order valence-corrected chi connectivity index (χ3v) is 4.19. The molecule has 0 amide bonds. The molecule has 3 heteroatoms. The maximum Gasteiger partial charge on any atom is 0.106 e. The number of pyridine rings is 1. The van der Waals surface area contributed by atoms with Crippen molar-refractivity contribution in [1.82, 2.24) is 10.3 Å². The normalized spacial score (nSPS) is 34.3. The predicted octanol–water partition coefficient (Wildman–Crippen LogP) is 2.84. The van der Waals surface area contributed by atoms with E-state index in [1.54, 1.807) is 0 Å². The van der Waals surface area contributed by atoms with Crippen LogP contribution in [0.4, 0.5) is 0 Å². The highest BCUT2D eigenvalue weighted by molar-refractivity contribution is 9.10. The molecule has 2 saturated heterocycles. The van der Waals surface area contributed by atoms with Crippen molar-refractivity contribution < 1.29 is 0 Å². The number of hydrogen-bond donors (Lipinski definition) is 1. The fraction of sp³-hybridized carbons (Fsp3) is 0.583. The van der Waals surface area contributed by atoms with Gasteiger partial charge in [-0.05, 0) is 46.8 Å². The van der Waals surface area contributed by atoms with Crippen molar-refractivity contribution in [2.24, 2.45) is 0 Å². The molecule has 2 fully saturated rings. The molecule has 3 unspecified atom stereocenters. The topological polar surface area (TPSA) is 24.9 Å². The molecule has 3 heterocycles. The SMILES string of the molecule is Brc1ccc(C2CC3CCCC2N3)cn1. The highest BCUT2D eigenvalue weighted by Crippen LogP contribution is 2.38. The van der Waals surface area contributed by atoms with Gasteiger partial charge in [-0.1, -0.05) is 12.5 Å². The number of nitrogens with one attached hydrogen (secondary N) is 1. The van der Waals surface area contributed by atoms with Crippen LogP contribution in [0.15, 0.2) is 22.9 Å². The first-order valence-corrected chi connectivity index (χ1v) is 6.50. The molecule has 2 nitrogen and oxygen atoms in total. The van der Waals surface area contributed by atoms with E-state index in [-0.39, 0.29) is 0 Å². The summed E-state index contributed by atoms with van der Waals surface area (Å²) in [5.74, 6) is 0.693. The van der Waals surface area contributed by atoms with Gasteiger partial charge in [0.1, 0.15) is 4.60 Å². The van der Waals surface area contributed by atoms with Crippen LogP contribution in [-0.4, -0.2) is 17.1 Å². The molecule has 1 N–H and O–H groups in total. The van der Waals surface area contributed by atoms with Gasteiger partial charge in [0.15, 0.2) is 0 Å². The summed E-state index contributed by atoms with van der Waals surface area (Å²) in [6, 6.07) is 5.73. The van der Waals surface area contributed by atoms with E-state index in [2.05, 4.69) is 38.4 Å². The minimum Gasteiger partial charge on any atom is -0.311 e. The largest absolute Gasteiger partial charge is 0.311 e. The van der Waals surface area contributed by atoms with Gasteiger partial charge in [-0.15, -0.1) is 0 Å². The van der Waals surface area contributed by atoms with E-state index >= 15 is 0 Å². The summed E-state index contributed by atoms with van der Waals surface area (Å²) in [6.45, 7) is 0. The lowest BCUT2D eigenvalue weighted by Gasteiger charge is -2.22. The summed E-state index contributed by atoms with van der Waals surface area (Å²) < 4.78 is 0.931. The number of piperidine rings is 1. The van der Waals surface area contributed by atoms with Crippen LogP contribution >= 0.6 is 15.9 Å². The van der Waals surface area contributed by atoms with Crippen LogP contribution in [0.25, 0.3) is 0 Å². The summed E-state index contributed by atoms with van der Waals surface area (Å²) in [5, 5.41) is 3.71. The van der Waals surface area contributed by atoms with Crippen molar-refractivity contribution in [2.75, 3.05) is 0 Å². The molecule has 0 aromatic carbocycles. The molecule has 1 aromatic rings. The number of fused-ring (bicyclic) bond motifs is 2. The molecule has 1 aromatic heterocycles. The van der Waals surface area contributed by atoms with E-state index in [9.17, 15) is 0 Å². The Kier molecular flexibility index (Phi) is 2.53. The first kappa shape index (κ1) is 9.79. The minimum atomic E-state index is 0.693. The smallest absolute Gasteiger partial charge is 0.106 e. The second kappa shape index (κ2) is 3.87. The number of nitrogens with zero attached hydrogens (tertiary/aromatic N) is 1. The zero-order chi connectivity index (χ0) is 10.3. The van der Waals surface area contributed by atoms with Crippen molar-refractivity contribution in [1.29, 1.82) is 0 Å². The van der Waals surface area contributed by atoms with E-state index in [0.717, 1.165) is 10.6 Å². The molecule has 15 heavy (non-hydrogen) atoms. The molecule has 2 aliphatic heterocycles. The lowest BCUT2D eigenvalue weighted by molar-refractivity contribution is 0.397. The summed E-state index contributed by atoms with van der Waals surface area (Å²) in [6.07, 6.45) is 7.40. The van der Waals surface area contributed by atoms with Crippen LogP contribution < -0.4 is 5.32 Å². The Morgan fingerprint density at radius 1 is 1.33 bits per heavy atom. The Labute approximate surface area is 98.6 Å². The lowest BCUT2D eigenvalue weighted by Crippen LogP contribution is -2.34. The minimum absolute atomic E-state index is 0.693. The Balaban J connectivity index is 1.85. The van der Waals surface area contributed by atoms with Crippen LogP contribution in [0, 0.1) is 0 Å². The van der Waals surface area contributed by atoms with Crippen LogP contribution in [0.1, 0.15) is 37.2 Å². The molecule has 3 rings (SSSR count). The third kappa shape index (κ3) is 1.83. The monoisotopic (exact) mass is 266 g/mol. The van der Waals surface area contributed by atoms with Gasteiger partial charge in [0.25, 0.3) is 0 Å². The van der Waals surface area contributed by atoms with Crippen LogP contribution in [0.3, 0.4) is 0 Å². The van der Waals surface area contributed by atoms with Crippen LogP contribution in [0.5, 0.6) is 0 Å². The number of hydrogen-bond acceptors (Lipinski definition) is 2. The zero-order valence-corrected chi connectivity index (χ0v) is 10.2. The van der Waals surface area contributed by atoms with Crippen molar-refractivity contribution in [3.05, 3.63) is 28.5 Å². The molecule has 0 radical (unpaired) electrons. The number of aromatic nitrogens is 1. The van der Waals surface area contributed by atoms with Gasteiger partial charge in [0, 0.05) is 24.2 Å². The summed E-state index contributed by atoms with van der Waals surface area (Å²) in [4.78, 5) is 4.33. The number of halogens is 1. The highest BCUT2D eigenvalue weighted by atomic mass is 79.9. The summed E-state index contributed by atoms with van der Waals surface area (Å²) >= 11 is 3.38. The van der Waals surface area contributed by atoms with Crippen molar-refractivity contribution >= 4 is 15.9 Å². The first-order chi connectivity index (χ1) is 7.33. The molecule has 2 bridgehead atoms. The standard InChI is InChI=1S/C12H15BrN2/c13-12-5-4-8(7-14-12)10-6-9-2-1-3-11(10)15-9/h4-5,7,9-11,15H,1-3,6H2. The molecular formula is C12H15BrN2. The van der Waals surface area contributed by atoms with Gasteiger partial charge >= 0.3 is 0 Å².